The molecule has 1 N–H and O–H groups in total. The summed E-state index contributed by atoms with van der Waals surface area (Å²) in [4.78, 5) is 13.2. The van der Waals surface area contributed by atoms with Gasteiger partial charge in [-0.05, 0) is 68.7 Å². The Morgan fingerprint density at radius 3 is 2.49 bits per heavy atom. The molecule has 0 aliphatic carbocycles. The zero-order valence-electron chi connectivity index (χ0n) is 19.6. The molecule has 8 nitrogen and oxygen atoms in total. The monoisotopic (exact) mass is 509 g/mol. The first-order valence-electron chi connectivity index (χ1n) is 11.7. The maximum Gasteiger partial charge on any atom is 0.243 e. The number of sulfonamides is 1. The summed E-state index contributed by atoms with van der Waals surface area (Å²) in [5.41, 5.74) is 3.40. The second kappa shape index (κ2) is 9.60. The van der Waals surface area contributed by atoms with Crippen molar-refractivity contribution in [2.45, 2.75) is 48.4 Å². The minimum absolute atomic E-state index is 0.199. The van der Waals surface area contributed by atoms with Gasteiger partial charge in [0.1, 0.15) is 0 Å². The number of piperidine rings is 1. The maximum absolute atomic E-state index is 12.9. The molecular weight excluding hydrogens is 482 g/mol. The Labute approximate surface area is 208 Å². The standard InChI is InChI=1S/C25H27N5O3S2/c1-17-16-23-27-28-25(30(23)22-9-5-4-8-21(17)22)34-18(2)24(31)26-19-10-12-20(13-11-19)35(32,33)29-14-6-3-7-15-29/h4-5,8-13,16,18H,3,6-7,14-15H2,1-2H3,(H,26,31). The van der Waals surface area contributed by atoms with Crippen molar-refractivity contribution in [3.05, 3.63) is 60.2 Å². The van der Waals surface area contributed by atoms with Crippen LogP contribution in [0.5, 0.6) is 0 Å². The fourth-order valence-corrected chi connectivity index (χ4v) is 6.76. The Balaban J connectivity index is 1.30. The van der Waals surface area contributed by atoms with Gasteiger partial charge < -0.3 is 5.32 Å². The predicted molar refractivity (Wildman–Crippen MR) is 138 cm³/mol. The molecule has 1 unspecified atom stereocenters. The van der Waals surface area contributed by atoms with E-state index in [1.54, 1.807) is 24.3 Å². The number of anilines is 1. The zero-order chi connectivity index (χ0) is 24.6. The third-order valence-corrected chi connectivity index (χ3v) is 9.26. The van der Waals surface area contributed by atoms with Crippen LogP contribution in [0.1, 0.15) is 31.7 Å². The molecule has 1 aliphatic rings. The van der Waals surface area contributed by atoms with Gasteiger partial charge in [0.05, 0.1) is 15.7 Å². The van der Waals surface area contributed by atoms with E-state index >= 15 is 0 Å². The van der Waals surface area contributed by atoms with Crippen molar-refractivity contribution in [1.82, 2.24) is 18.9 Å². The quantitative estimate of drug-likeness (QED) is 0.385. The topological polar surface area (TPSA) is 96.7 Å². The Morgan fingerprint density at radius 2 is 1.74 bits per heavy atom. The third-order valence-electron chi connectivity index (χ3n) is 6.30. The van der Waals surface area contributed by atoms with Crippen LogP contribution in [0.25, 0.3) is 16.6 Å². The van der Waals surface area contributed by atoms with Crippen molar-refractivity contribution in [1.29, 1.82) is 0 Å². The lowest BCUT2D eigenvalue weighted by molar-refractivity contribution is -0.115. The number of aromatic nitrogens is 3. The number of nitrogens with one attached hydrogen (secondary N) is 1. The van der Waals surface area contributed by atoms with E-state index in [0.29, 0.717) is 23.9 Å². The molecule has 2 aromatic heterocycles. The average Bonchev–Trinajstić information content (AvgIpc) is 3.27. The largest absolute Gasteiger partial charge is 0.325 e. The summed E-state index contributed by atoms with van der Waals surface area (Å²) in [5.74, 6) is -0.199. The molecule has 0 saturated carbocycles. The fourth-order valence-electron chi connectivity index (χ4n) is 4.37. The summed E-state index contributed by atoms with van der Waals surface area (Å²) in [6.07, 6.45) is 2.84. The number of rotatable bonds is 6. The summed E-state index contributed by atoms with van der Waals surface area (Å²) in [7, 11) is -3.50. The number of nitrogens with zero attached hydrogens (tertiary/aromatic N) is 4. The summed E-state index contributed by atoms with van der Waals surface area (Å²) < 4.78 is 29.2. The molecule has 0 radical (unpaired) electrons. The van der Waals surface area contributed by atoms with Gasteiger partial charge in [-0.15, -0.1) is 10.2 Å². The first-order valence-corrected chi connectivity index (χ1v) is 14.0. The van der Waals surface area contributed by atoms with E-state index in [1.807, 2.05) is 42.5 Å². The highest BCUT2D eigenvalue weighted by Gasteiger charge is 2.26. The molecule has 1 amide bonds. The molecular formula is C25H27N5O3S2. The zero-order valence-corrected chi connectivity index (χ0v) is 21.3. The van der Waals surface area contributed by atoms with Gasteiger partial charge in [-0.25, -0.2) is 8.42 Å². The van der Waals surface area contributed by atoms with Gasteiger partial charge in [-0.2, -0.15) is 4.31 Å². The van der Waals surface area contributed by atoms with Gasteiger partial charge in [0.2, 0.25) is 15.9 Å². The number of hydrogen-bond donors (Lipinski definition) is 1. The van der Waals surface area contributed by atoms with Crippen LogP contribution in [0.3, 0.4) is 0 Å². The molecule has 4 aromatic rings. The number of aryl methyl sites for hydroxylation is 1. The van der Waals surface area contributed by atoms with Crippen molar-refractivity contribution >= 4 is 49.9 Å². The fraction of sp³-hybridized carbons (Fsp3) is 0.320. The number of benzene rings is 2. The van der Waals surface area contributed by atoms with E-state index < -0.39 is 15.3 Å². The number of pyridine rings is 1. The Hall–Kier alpha value is -2.95. The maximum atomic E-state index is 12.9. The van der Waals surface area contributed by atoms with E-state index in [2.05, 4.69) is 21.6 Å². The van der Waals surface area contributed by atoms with Crippen molar-refractivity contribution in [3.8, 4) is 0 Å². The van der Waals surface area contributed by atoms with E-state index in [9.17, 15) is 13.2 Å². The number of fused-ring (bicyclic) bond motifs is 3. The van der Waals surface area contributed by atoms with Crippen molar-refractivity contribution in [2.75, 3.05) is 18.4 Å². The first-order chi connectivity index (χ1) is 16.8. The first kappa shape index (κ1) is 23.8. The summed E-state index contributed by atoms with van der Waals surface area (Å²) in [6.45, 7) is 4.97. The number of carbonyl (C=O) groups excluding carboxylic acids is 1. The molecule has 2 aromatic carbocycles. The average molecular weight is 510 g/mol. The van der Waals surface area contributed by atoms with E-state index in [0.717, 1.165) is 41.4 Å². The van der Waals surface area contributed by atoms with Crippen LogP contribution >= 0.6 is 11.8 Å². The van der Waals surface area contributed by atoms with Crippen LogP contribution in [-0.2, 0) is 14.8 Å². The van der Waals surface area contributed by atoms with Crippen LogP contribution in [-0.4, -0.2) is 51.6 Å². The number of carbonyl (C=O) groups is 1. The lowest BCUT2D eigenvalue weighted by atomic mass is 10.1. The van der Waals surface area contributed by atoms with Crippen LogP contribution in [0.4, 0.5) is 5.69 Å². The highest BCUT2D eigenvalue weighted by Crippen LogP contribution is 2.29. The molecule has 182 valence electrons. The smallest absolute Gasteiger partial charge is 0.243 e. The number of amides is 1. The van der Waals surface area contributed by atoms with Crippen LogP contribution in [0, 0.1) is 6.92 Å². The highest BCUT2D eigenvalue weighted by molar-refractivity contribution is 8.00. The minimum atomic E-state index is -3.50. The van der Waals surface area contributed by atoms with E-state index in [4.69, 9.17) is 0 Å². The molecule has 1 saturated heterocycles. The third kappa shape index (κ3) is 4.65. The van der Waals surface area contributed by atoms with E-state index in [1.165, 1.54) is 16.1 Å². The van der Waals surface area contributed by atoms with E-state index in [-0.39, 0.29) is 10.8 Å². The number of hydrogen-bond acceptors (Lipinski definition) is 6. The summed E-state index contributed by atoms with van der Waals surface area (Å²) in [6, 6.07) is 16.4. The SMILES string of the molecule is Cc1cc2nnc(SC(C)C(=O)Nc3ccc(S(=O)(=O)N4CCCCC4)cc3)n2c2ccccc12. The van der Waals surface area contributed by atoms with Crippen LogP contribution in [0.15, 0.2) is 64.6 Å². The molecule has 0 spiro atoms. The molecule has 1 aliphatic heterocycles. The van der Waals surface area contributed by atoms with Crippen molar-refractivity contribution in [2.24, 2.45) is 0 Å². The van der Waals surface area contributed by atoms with Crippen LogP contribution < -0.4 is 5.32 Å². The predicted octanol–water partition coefficient (Wildman–Crippen LogP) is 4.48. The van der Waals surface area contributed by atoms with Gasteiger partial charge in [0.15, 0.2) is 10.8 Å². The van der Waals surface area contributed by atoms with Gasteiger partial charge in [-0.1, -0.05) is 36.4 Å². The Kier molecular flexibility index (Phi) is 6.52. The number of para-hydroxylation sites is 1. The lowest BCUT2D eigenvalue weighted by Gasteiger charge is -2.25. The summed E-state index contributed by atoms with van der Waals surface area (Å²) >= 11 is 1.33. The minimum Gasteiger partial charge on any atom is -0.325 e. The molecule has 3 heterocycles. The molecule has 1 fully saturated rings. The van der Waals surface area contributed by atoms with Crippen LogP contribution in [0.2, 0.25) is 0 Å². The molecule has 0 bridgehead atoms. The highest BCUT2D eigenvalue weighted by atomic mass is 32.2. The van der Waals surface area contributed by atoms with Gasteiger partial charge in [0, 0.05) is 24.2 Å². The second-order valence-corrected chi connectivity index (χ2v) is 12.0. The Morgan fingerprint density at radius 1 is 1.03 bits per heavy atom. The molecule has 1 atom stereocenters. The number of thioether (sulfide) groups is 1. The lowest BCUT2D eigenvalue weighted by Crippen LogP contribution is -2.35. The molecule has 35 heavy (non-hydrogen) atoms. The van der Waals surface area contributed by atoms with Crippen molar-refractivity contribution < 1.29 is 13.2 Å². The molecule has 10 heteroatoms. The van der Waals surface area contributed by atoms with Crippen molar-refractivity contribution in [3.63, 3.8) is 0 Å². The molecule has 5 rings (SSSR count). The normalized spacial score (nSPS) is 15.9. The van der Waals surface area contributed by atoms with Gasteiger partial charge in [-0.3, -0.25) is 9.20 Å². The van der Waals surface area contributed by atoms with Gasteiger partial charge in [0.25, 0.3) is 0 Å². The second-order valence-electron chi connectivity index (χ2n) is 8.76. The summed E-state index contributed by atoms with van der Waals surface area (Å²) in [5, 5.41) is 12.8. The Bertz CT molecular complexity index is 1490. The van der Waals surface area contributed by atoms with Gasteiger partial charge >= 0.3 is 0 Å².